The molecule has 1 heterocycles. The molecule has 0 saturated carbocycles. The molecule has 0 amide bonds. The second-order valence-electron chi connectivity index (χ2n) is 7.47. The van der Waals surface area contributed by atoms with Gasteiger partial charge in [0.05, 0.1) is 18.0 Å². The van der Waals surface area contributed by atoms with E-state index in [-0.39, 0.29) is 5.56 Å². The molecular weight excluding hydrogens is 384 g/mol. The number of carboxylic acids is 1. The first-order valence-corrected chi connectivity index (χ1v) is 9.84. The molecule has 4 rings (SSSR count). The van der Waals surface area contributed by atoms with E-state index in [1.54, 1.807) is 25.2 Å². The van der Waals surface area contributed by atoms with E-state index in [0.29, 0.717) is 30.9 Å². The molecule has 3 aromatic rings. The van der Waals surface area contributed by atoms with Gasteiger partial charge in [0.2, 0.25) is 0 Å². The molecule has 30 heavy (non-hydrogen) atoms. The first kappa shape index (κ1) is 19.8. The lowest BCUT2D eigenvalue weighted by Gasteiger charge is -2.33. The summed E-state index contributed by atoms with van der Waals surface area (Å²) in [7, 11) is 1.73. The van der Waals surface area contributed by atoms with Gasteiger partial charge in [0.1, 0.15) is 5.75 Å². The lowest BCUT2D eigenvalue weighted by atomic mass is 9.69. The molecule has 0 fully saturated rings. The normalized spacial score (nSPS) is 17.5. The molecule has 1 aliphatic carbocycles. The van der Waals surface area contributed by atoms with Gasteiger partial charge in [-0.1, -0.05) is 25.5 Å². The minimum atomic E-state index is -0.958. The summed E-state index contributed by atoms with van der Waals surface area (Å²) in [6, 6.07) is 10.9. The maximum Gasteiger partial charge on any atom is 0.335 e. The molecule has 2 aromatic carbocycles. The standard InChI is InChI=1S/C22H22N4O4/c1-3-10-22(21-23-25-26(2)24-21)18-8-6-16(20(28)29)11-14(18)4-5-15-12-17(30-13-27)7-9-19(15)22/h6-9,11-13H,3-5,10H2,1-2H3,(H,28,29). The number of ether oxygens (including phenoxy) is 1. The van der Waals surface area contributed by atoms with Crippen LogP contribution >= 0.6 is 0 Å². The number of hydrogen-bond acceptors (Lipinski definition) is 6. The number of aryl methyl sites for hydroxylation is 3. The van der Waals surface area contributed by atoms with E-state index in [1.807, 2.05) is 18.2 Å². The van der Waals surface area contributed by atoms with Crippen LogP contribution in [-0.2, 0) is 30.1 Å². The molecule has 8 nitrogen and oxygen atoms in total. The molecule has 0 spiro atoms. The monoisotopic (exact) mass is 406 g/mol. The summed E-state index contributed by atoms with van der Waals surface area (Å²) < 4.78 is 5.07. The van der Waals surface area contributed by atoms with Gasteiger partial charge in [-0.15, -0.1) is 10.2 Å². The average molecular weight is 406 g/mol. The predicted molar refractivity (Wildman–Crippen MR) is 108 cm³/mol. The summed E-state index contributed by atoms with van der Waals surface area (Å²) in [5.74, 6) is 0.0850. The second-order valence-corrected chi connectivity index (χ2v) is 7.47. The number of benzene rings is 2. The predicted octanol–water partition coefficient (Wildman–Crippen LogP) is 2.68. The van der Waals surface area contributed by atoms with Crippen LogP contribution in [0, 0.1) is 0 Å². The molecule has 0 bridgehead atoms. The average Bonchev–Trinajstić information content (AvgIpc) is 3.12. The van der Waals surface area contributed by atoms with Crippen molar-refractivity contribution in [3.05, 3.63) is 70.0 Å². The van der Waals surface area contributed by atoms with Crippen molar-refractivity contribution < 1.29 is 19.4 Å². The number of fused-ring (bicyclic) bond motifs is 2. The number of aromatic nitrogens is 4. The van der Waals surface area contributed by atoms with E-state index in [2.05, 4.69) is 22.3 Å². The molecule has 0 radical (unpaired) electrons. The Morgan fingerprint density at radius 1 is 1.20 bits per heavy atom. The number of carbonyl (C=O) groups excluding carboxylic acids is 1. The van der Waals surface area contributed by atoms with Gasteiger partial charge in [-0.25, -0.2) is 4.79 Å². The highest BCUT2D eigenvalue weighted by Crippen LogP contribution is 2.47. The molecule has 154 valence electrons. The van der Waals surface area contributed by atoms with Crippen molar-refractivity contribution in [1.29, 1.82) is 0 Å². The number of aromatic carboxylic acids is 1. The van der Waals surface area contributed by atoms with Gasteiger partial charge in [-0.2, -0.15) is 4.80 Å². The van der Waals surface area contributed by atoms with Crippen molar-refractivity contribution in [1.82, 2.24) is 20.2 Å². The Bertz CT molecular complexity index is 1120. The highest BCUT2D eigenvalue weighted by atomic mass is 16.5. The van der Waals surface area contributed by atoms with E-state index < -0.39 is 11.4 Å². The highest BCUT2D eigenvalue weighted by molar-refractivity contribution is 5.88. The fraction of sp³-hybridized carbons (Fsp3) is 0.318. The molecule has 1 aliphatic rings. The first-order valence-electron chi connectivity index (χ1n) is 9.84. The number of tetrazole rings is 1. The van der Waals surface area contributed by atoms with Gasteiger partial charge in [0, 0.05) is 0 Å². The van der Waals surface area contributed by atoms with Crippen LogP contribution in [0.4, 0.5) is 0 Å². The van der Waals surface area contributed by atoms with Crippen LogP contribution in [0.15, 0.2) is 36.4 Å². The van der Waals surface area contributed by atoms with Crippen LogP contribution < -0.4 is 4.74 Å². The van der Waals surface area contributed by atoms with Gasteiger partial charge in [0.15, 0.2) is 5.82 Å². The summed E-state index contributed by atoms with van der Waals surface area (Å²) in [4.78, 5) is 23.9. The molecule has 1 aromatic heterocycles. The fourth-order valence-electron chi connectivity index (χ4n) is 4.54. The van der Waals surface area contributed by atoms with Crippen molar-refractivity contribution in [3.8, 4) is 5.75 Å². The zero-order valence-corrected chi connectivity index (χ0v) is 16.8. The van der Waals surface area contributed by atoms with E-state index in [9.17, 15) is 14.7 Å². The molecule has 0 saturated heterocycles. The third kappa shape index (κ3) is 3.14. The number of hydrogen-bond donors (Lipinski definition) is 1. The van der Waals surface area contributed by atoms with Crippen molar-refractivity contribution >= 4 is 12.4 Å². The number of nitrogens with zero attached hydrogens (tertiary/aromatic N) is 4. The zero-order valence-electron chi connectivity index (χ0n) is 16.8. The smallest absolute Gasteiger partial charge is 0.335 e. The van der Waals surface area contributed by atoms with Gasteiger partial charge in [-0.05, 0) is 71.0 Å². The Labute approximate surface area is 173 Å². The molecule has 1 unspecified atom stereocenters. The molecule has 0 aliphatic heterocycles. The largest absolute Gasteiger partial charge is 0.478 e. The maximum absolute atomic E-state index is 11.6. The van der Waals surface area contributed by atoms with Crippen LogP contribution in [0.3, 0.4) is 0 Å². The Kier molecular flexibility index (Phi) is 5.07. The molecular formula is C22H22N4O4. The maximum atomic E-state index is 11.6. The van der Waals surface area contributed by atoms with E-state index in [0.717, 1.165) is 35.1 Å². The van der Waals surface area contributed by atoms with Crippen LogP contribution in [-0.4, -0.2) is 37.8 Å². The van der Waals surface area contributed by atoms with Gasteiger partial charge >= 0.3 is 5.97 Å². The van der Waals surface area contributed by atoms with Crippen LogP contribution in [0.2, 0.25) is 0 Å². The van der Waals surface area contributed by atoms with E-state index in [1.165, 1.54) is 4.80 Å². The number of carboxylic acid groups (broad SMARTS) is 1. The van der Waals surface area contributed by atoms with Crippen molar-refractivity contribution in [2.24, 2.45) is 7.05 Å². The van der Waals surface area contributed by atoms with Crippen LogP contribution in [0.1, 0.15) is 58.2 Å². The number of rotatable bonds is 6. The minimum absolute atomic E-state index is 0.252. The van der Waals surface area contributed by atoms with Crippen molar-refractivity contribution in [2.45, 2.75) is 38.0 Å². The van der Waals surface area contributed by atoms with Crippen LogP contribution in [0.25, 0.3) is 0 Å². The summed E-state index contributed by atoms with van der Waals surface area (Å²) in [5.41, 5.74) is 3.55. The summed E-state index contributed by atoms with van der Waals surface area (Å²) in [6.45, 7) is 2.51. The number of carbonyl (C=O) groups is 2. The van der Waals surface area contributed by atoms with Gasteiger partial charge in [0.25, 0.3) is 6.47 Å². The minimum Gasteiger partial charge on any atom is -0.478 e. The van der Waals surface area contributed by atoms with Gasteiger partial charge in [-0.3, -0.25) is 4.79 Å². The fourth-order valence-corrected chi connectivity index (χ4v) is 4.54. The summed E-state index contributed by atoms with van der Waals surface area (Å²) in [5, 5.41) is 22.5. The summed E-state index contributed by atoms with van der Waals surface area (Å²) in [6.07, 6.45) is 2.90. The molecule has 1 atom stereocenters. The van der Waals surface area contributed by atoms with E-state index >= 15 is 0 Å². The molecule has 1 N–H and O–H groups in total. The van der Waals surface area contributed by atoms with Gasteiger partial charge < -0.3 is 9.84 Å². The first-order chi connectivity index (χ1) is 14.5. The third-order valence-electron chi connectivity index (χ3n) is 5.71. The lowest BCUT2D eigenvalue weighted by molar-refractivity contribution is -0.120. The Morgan fingerprint density at radius 3 is 2.50 bits per heavy atom. The summed E-state index contributed by atoms with van der Waals surface area (Å²) >= 11 is 0. The Morgan fingerprint density at radius 2 is 1.90 bits per heavy atom. The SMILES string of the molecule is CCCC1(c2nnn(C)n2)c2ccc(OC=O)cc2CCc2cc(C(=O)O)ccc21. The third-order valence-corrected chi connectivity index (χ3v) is 5.71. The van der Waals surface area contributed by atoms with Crippen molar-refractivity contribution in [2.75, 3.05) is 0 Å². The Balaban J connectivity index is 2.04. The lowest BCUT2D eigenvalue weighted by Crippen LogP contribution is -2.32. The zero-order chi connectivity index (χ0) is 21.3. The topological polar surface area (TPSA) is 107 Å². The quantitative estimate of drug-likeness (QED) is 0.627. The van der Waals surface area contributed by atoms with Crippen molar-refractivity contribution in [3.63, 3.8) is 0 Å². The van der Waals surface area contributed by atoms with E-state index in [4.69, 9.17) is 4.74 Å². The second kappa shape index (κ2) is 7.70. The Hall–Kier alpha value is -3.55. The molecule has 8 heteroatoms. The van der Waals surface area contributed by atoms with Crippen LogP contribution in [0.5, 0.6) is 5.75 Å². The highest BCUT2D eigenvalue weighted by Gasteiger charge is 2.44.